The lowest BCUT2D eigenvalue weighted by Gasteiger charge is -2.20. The molecule has 112 valence electrons. The zero-order valence-corrected chi connectivity index (χ0v) is 12.6. The van der Waals surface area contributed by atoms with Gasteiger partial charge in [0, 0.05) is 13.0 Å². The van der Waals surface area contributed by atoms with E-state index in [4.69, 9.17) is 25.5 Å². The Labute approximate surface area is 128 Å². The van der Waals surface area contributed by atoms with Crippen LogP contribution >= 0.6 is 11.6 Å². The molecule has 0 atom stereocenters. The van der Waals surface area contributed by atoms with Crippen molar-refractivity contribution in [2.75, 3.05) is 13.2 Å². The van der Waals surface area contributed by atoms with Gasteiger partial charge >= 0.3 is 0 Å². The van der Waals surface area contributed by atoms with Crippen LogP contribution in [0.25, 0.3) is 0 Å². The van der Waals surface area contributed by atoms with E-state index < -0.39 is 0 Å². The van der Waals surface area contributed by atoms with Gasteiger partial charge in [-0.15, -0.1) is 0 Å². The van der Waals surface area contributed by atoms with Crippen LogP contribution in [0.15, 0.2) is 22.7 Å². The summed E-state index contributed by atoms with van der Waals surface area (Å²) in [5, 5.41) is 3.86. The van der Waals surface area contributed by atoms with Crippen molar-refractivity contribution in [3.8, 4) is 11.5 Å². The molecular weight excluding hydrogens is 292 g/mol. The molecule has 3 rings (SSSR count). The van der Waals surface area contributed by atoms with Gasteiger partial charge in [0.25, 0.3) is 0 Å². The number of fused-ring (bicyclic) bond motifs is 1. The molecule has 0 radical (unpaired) electrons. The molecule has 0 saturated carbocycles. The van der Waals surface area contributed by atoms with Crippen molar-refractivity contribution in [3.63, 3.8) is 0 Å². The highest BCUT2D eigenvalue weighted by Crippen LogP contribution is 2.38. The van der Waals surface area contributed by atoms with Crippen LogP contribution in [0.5, 0.6) is 11.5 Å². The summed E-state index contributed by atoms with van der Waals surface area (Å²) in [6.45, 7) is 4.35. The molecule has 0 unspecified atom stereocenters. The van der Waals surface area contributed by atoms with E-state index in [0.717, 1.165) is 17.7 Å². The zero-order valence-electron chi connectivity index (χ0n) is 11.8. The van der Waals surface area contributed by atoms with Crippen LogP contribution in [0.2, 0.25) is 5.02 Å². The van der Waals surface area contributed by atoms with Crippen molar-refractivity contribution in [1.29, 1.82) is 0 Å². The summed E-state index contributed by atoms with van der Waals surface area (Å²) in [4.78, 5) is 4.21. The number of hydrogen-bond donors (Lipinski definition) is 1. The molecule has 1 N–H and O–H groups in total. The predicted octanol–water partition coefficient (Wildman–Crippen LogP) is 2.95. The number of hydrogen-bond acceptors (Lipinski definition) is 5. The third-order valence-corrected chi connectivity index (χ3v) is 3.49. The van der Waals surface area contributed by atoms with Gasteiger partial charge in [-0.2, -0.15) is 0 Å². The molecule has 0 amide bonds. The smallest absolute Gasteiger partial charge is 0.208 e. The summed E-state index contributed by atoms with van der Waals surface area (Å²) in [5.74, 6) is 2.92. The summed E-state index contributed by atoms with van der Waals surface area (Å²) in [5.41, 5.74) is 1.03. The molecule has 0 bridgehead atoms. The van der Waals surface area contributed by atoms with Crippen molar-refractivity contribution >= 4 is 11.6 Å². The molecule has 6 heteroatoms. The minimum atomic E-state index is 0.536. The van der Waals surface area contributed by atoms with Crippen molar-refractivity contribution in [1.82, 2.24) is 10.3 Å². The van der Waals surface area contributed by atoms with E-state index >= 15 is 0 Å². The zero-order chi connectivity index (χ0) is 14.7. The molecule has 0 spiro atoms. The van der Waals surface area contributed by atoms with E-state index in [1.165, 1.54) is 0 Å². The fourth-order valence-corrected chi connectivity index (χ4v) is 2.46. The van der Waals surface area contributed by atoms with E-state index in [2.05, 4.69) is 10.3 Å². The van der Waals surface area contributed by atoms with Crippen LogP contribution in [0, 0.1) is 0 Å². The first-order valence-electron chi connectivity index (χ1n) is 6.98. The van der Waals surface area contributed by atoms with Crippen LogP contribution in [0.1, 0.15) is 24.1 Å². The van der Waals surface area contributed by atoms with Crippen LogP contribution in [0.4, 0.5) is 0 Å². The molecule has 1 aromatic heterocycles. The second-order valence-electron chi connectivity index (χ2n) is 4.78. The normalized spacial score (nSPS) is 13.4. The molecule has 2 heterocycles. The Hall–Kier alpha value is -1.72. The Balaban J connectivity index is 1.61. The fourth-order valence-electron chi connectivity index (χ4n) is 2.17. The second-order valence-corrected chi connectivity index (χ2v) is 5.19. The number of rotatable bonds is 5. The van der Waals surface area contributed by atoms with E-state index in [-0.39, 0.29) is 0 Å². The first-order chi connectivity index (χ1) is 10.3. The summed E-state index contributed by atoms with van der Waals surface area (Å²) < 4.78 is 16.6. The SMILES string of the molecule is CCc1cnc(CNCc2cc(Cl)c3c(c2)OCCO3)o1. The molecule has 5 nitrogen and oxygen atoms in total. The topological polar surface area (TPSA) is 56.5 Å². The maximum absolute atomic E-state index is 6.20. The number of aromatic nitrogens is 1. The lowest BCUT2D eigenvalue weighted by Crippen LogP contribution is -2.17. The van der Waals surface area contributed by atoms with E-state index in [0.29, 0.717) is 48.7 Å². The summed E-state index contributed by atoms with van der Waals surface area (Å²) >= 11 is 6.20. The number of nitrogens with zero attached hydrogens (tertiary/aromatic N) is 1. The maximum atomic E-state index is 6.20. The van der Waals surface area contributed by atoms with Crippen molar-refractivity contribution in [3.05, 3.63) is 40.6 Å². The van der Waals surface area contributed by atoms with Crippen molar-refractivity contribution in [2.24, 2.45) is 0 Å². The Morgan fingerprint density at radius 3 is 2.90 bits per heavy atom. The van der Waals surface area contributed by atoms with Gasteiger partial charge in [-0.25, -0.2) is 4.98 Å². The number of nitrogens with one attached hydrogen (secondary N) is 1. The van der Waals surface area contributed by atoms with Gasteiger partial charge in [0.05, 0.1) is 17.8 Å². The Bertz CT molecular complexity index is 627. The lowest BCUT2D eigenvalue weighted by molar-refractivity contribution is 0.171. The van der Waals surface area contributed by atoms with Gasteiger partial charge in [-0.1, -0.05) is 18.5 Å². The van der Waals surface area contributed by atoms with Gasteiger partial charge < -0.3 is 19.2 Å². The van der Waals surface area contributed by atoms with Gasteiger partial charge in [0.15, 0.2) is 11.5 Å². The summed E-state index contributed by atoms with van der Waals surface area (Å²) in [6.07, 6.45) is 2.61. The molecule has 0 aliphatic carbocycles. The van der Waals surface area contributed by atoms with E-state index in [1.54, 1.807) is 6.20 Å². The molecule has 1 aliphatic rings. The Morgan fingerprint density at radius 1 is 1.24 bits per heavy atom. The largest absolute Gasteiger partial charge is 0.486 e. The van der Waals surface area contributed by atoms with Gasteiger partial charge in [0.1, 0.15) is 19.0 Å². The lowest BCUT2D eigenvalue weighted by atomic mass is 10.2. The van der Waals surface area contributed by atoms with Gasteiger partial charge in [-0.05, 0) is 17.7 Å². The van der Waals surface area contributed by atoms with E-state index in [9.17, 15) is 0 Å². The minimum Gasteiger partial charge on any atom is -0.486 e. The van der Waals surface area contributed by atoms with Crippen LogP contribution in [-0.2, 0) is 19.5 Å². The monoisotopic (exact) mass is 308 g/mol. The first-order valence-corrected chi connectivity index (χ1v) is 7.36. The third kappa shape index (κ3) is 3.31. The number of ether oxygens (including phenoxy) is 2. The number of benzene rings is 1. The fraction of sp³-hybridized carbons (Fsp3) is 0.400. The van der Waals surface area contributed by atoms with Crippen LogP contribution in [0.3, 0.4) is 0 Å². The predicted molar refractivity (Wildman–Crippen MR) is 78.9 cm³/mol. The average molecular weight is 309 g/mol. The molecule has 0 fully saturated rings. The third-order valence-electron chi connectivity index (χ3n) is 3.21. The highest BCUT2D eigenvalue weighted by atomic mass is 35.5. The molecule has 0 saturated heterocycles. The molecular formula is C15H17ClN2O3. The molecule has 1 aliphatic heterocycles. The summed E-state index contributed by atoms with van der Waals surface area (Å²) in [7, 11) is 0. The number of aryl methyl sites for hydroxylation is 1. The first kappa shape index (κ1) is 14.2. The molecule has 2 aromatic rings. The van der Waals surface area contributed by atoms with E-state index in [1.807, 2.05) is 19.1 Å². The number of oxazole rings is 1. The average Bonchev–Trinajstić information content (AvgIpc) is 2.95. The van der Waals surface area contributed by atoms with Gasteiger partial charge in [-0.3, -0.25) is 0 Å². The van der Waals surface area contributed by atoms with Crippen molar-refractivity contribution in [2.45, 2.75) is 26.4 Å². The highest BCUT2D eigenvalue weighted by Gasteiger charge is 2.16. The quantitative estimate of drug-likeness (QED) is 0.920. The number of halogens is 1. The maximum Gasteiger partial charge on any atom is 0.208 e. The highest BCUT2D eigenvalue weighted by molar-refractivity contribution is 6.32. The standard InChI is InChI=1S/C15H17ClN2O3/c1-2-11-8-18-14(21-11)9-17-7-10-5-12(16)15-13(6-10)19-3-4-20-15/h5-6,8,17H,2-4,7,9H2,1H3. The molecule has 21 heavy (non-hydrogen) atoms. The second kappa shape index (κ2) is 6.37. The molecule has 1 aromatic carbocycles. The van der Waals surface area contributed by atoms with Crippen LogP contribution < -0.4 is 14.8 Å². The van der Waals surface area contributed by atoms with Crippen molar-refractivity contribution < 1.29 is 13.9 Å². The van der Waals surface area contributed by atoms with Gasteiger partial charge in [0.2, 0.25) is 5.89 Å². The Morgan fingerprint density at radius 2 is 2.10 bits per heavy atom. The Kier molecular flexibility index (Phi) is 4.31. The van der Waals surface area contributed by atoms with Crippen LogP contribution in [-0.4, -0.2) is 18.2 Å². The minimum absolute atomic E-state index is 0.536. The summed E-state index contributed by atoms with van der Waals surface area (Å²) in [6, 6.07) is 3.83.